The maximum Gasteiger partial charge on any atom is 0.328 e. The Morgan fingerprint density at radius 2 is 1.69 bits per heavy atom. The molecule has 1 aliphatic rings. The van der Waals surface area contributed by atoms with E-state index in [-0.39, 0.29) is 10.8 Å². The maximum absolute atomic E-state index is 10.8. The van der Waals surface area contributed by atoms with Crippen molar-refractivity contribution in [3.05, 3.63) is 58.8 Å². The highest BCUT2D eigenvalue weighted by molar-refractivity contribution is 5.85. The number of carbonyl (C=O) groups is 1. The molecular weight excluding hydrogens is 322 g/mol. The monoisotopic (exact) mass is 349 g/mol. The minimum atomic E-state index is -0.967. The van der Waals surface area contributed by atoms with Gasteiger partial charge in [-0.1, -0.05) is 39.8 Å². The molecule has 0 saturated heterocycles. The lowest BCUT2D eigenvalue weighted by Crippen LogP contribution is -2.34. The van der Waals surface area contributed by atoms with Crippen LogP contribution in [0.1, 0.15) is 62.9 Å². The van der Waals surface area contributed by atoms with Gasteiger partial charge in [0.1, 0.15) is 0 Å². The third kappa shape index (κ3) is 3.44. The van der Waals surface area contributed by atoms with Crippen LogP contribution in [0.5, 0.6) is 0 Å². The molecule has 0 unspecified atom stereocenters. The van der Waals surface area contributed by atoms with E-state index in [1.165, 1.54) is 35.6 Å². The fourth-order valence-electron chi connectivity index (χ4n) is 3.85. The molecule has 1 aromatic heterocycles. The Morgan fingerprint density at radius 3 is 2.31 bits per heavy atom. The number of aryl methyl sites for hydroxylation is 1. The first-order valence-corrected chi connectivity index (χ1v) is 9.14. The first-order valence-electron chi connectivity index (χ1n) is 9.14. The molecule has 0 atom stereocenters. The Labute approximate surface area is 155 Å². The summed E-state index contributed by atoms with van der Waals surface area (Å²) in [7, 11) is 0. The third-order valence-corrected chi connectivity index (χ3v) is 5.64. The van der Waals surface area contributed by atoms with Gasteiger partial charge in [0, 0.05) is 11.6 Å². The summed E-state index contributed by atoms with van der Waals surface area (Å²) in [6, 6.07) is 10.4. The molecule has 1 aromatic carbocycles. The summed E-state index contributed by atoms with van der Waals surface area (Å²) >= 11 is 0. The molecule has 0 aliphatic heterocycles. The average Bonchev–Trinajstić information content (AvgIpc) is 2.57. The molecule has 136 valence electrons. The van der Waals surface area contributed by atoms with E-state index in [0.29, 0.717) is 5.69 Å². The number of carboxylic acid groups (broad SMARTS) is 1. The van der Waals surface area contributed by atoms with Crippen molar-refractivity contribution in [1.29, 1.82) is 0 Å². The minimum absolute atomic E-state index is 0.147. The molecule has 26 heavy (non-hydrogen) atoms. The van der Waals surface area contributed by atoms with Crippen LogP contribution in [-0.2, 0) is 15.6 Å². The Hall–Kier alpha value is -2.42. The molecule has 0 saturated carbocycles. The van der Waals surface area contributed by atoms with E-state index in [9.17, 15) is 4.79 Å². The van der Waals surface area contributed by atoms with Gasteiger partial charge in [0.05, 0.1) is 11.4 Å². The second-order valence-corrected chi connectivity index (χ2v) is 8.60. The number of hydrogen-bond acceptors (Lipinski definition) is 2. The molecule has 1 heterocycles. The lowest BCUT2D eigenvalue weighted by atomic mass is 9.62. The van der Waals surface area contributed by atoms with Crippen molar-refractivity contribution in [1.82, 2.24) is 4.98 Å². The number of pyridine rings is 1. The van der Waals surface area contributed by atoms with Gasteiger partial charge in [-0.25, -0.2) is 9.78 Å². The summed E-state index contributed by atoms with van der Waals surface area (Å²) in [4.78, 5) is 15.4. The van der Waals surface area contributed by atoms with Crippen LogP contribution in [0.4, 0.5) is 0 Å². The zero-order chi connectivity index (χ0) is 19.1. The summed E-state index contributed by atoms with van der Waals surface area (Å²) in [5.74, 6) is -0.967. The van der Waals surface area contributed by atoms with Crippen molar-refractivity contribution in [2.45, 2.75) is 58.3 Å². The Kier molecular flexibility index (Phi) is 4.51. The van der Waals surface area contributed by atoms with Crippen molar-refractivity contribution in [2.75, 3.05) is 0 Å². The van der Waals surface area contributed by atoms with Gasteiger partial charge in [-0.05, 0) is 71.6 Å². The average molecular weight is 349 g/mol. The summed E-state index contributed by atoms with van der Waals surface area (Å²) in [6.07, 6.45) is 5.02. The van der Waals surface area contributed by atoms with Gasteiger partial charge in [0.2, 0.25) is 0 Å². The van der Waals surface area contributed by atoms with Gasteiger partial charge in [-0.15, -0.1) is 0 Å². The predicted molar refractivity (Wildman–Crippen MR) is 106 cm³/mol. The topological polar surface area (TPSA) is 50.2 Å². The van der Waals surface area contributed by atoms with Crippen LogP contribution >= 0.6 is 0 Å². The number of nitrogens with zero attached hydrogens (tertiary/aromatic N) is 1. The number of aromatic nitrogens is 1. The molecule has 3 nitrogen and oxygen atoms in total. The largest absolute Gasteiger partial charge is 0.478 e. The third-order valence-electron chi connectivity index (χ3n) is 5.64. The molecule has 0 bridgehead atoms. The molecule has 2 aromatic rings. The molecule has 0 radical (unpaired) electrons. The van der Waals surface area contributed by atoms with Crippen molar-refractivity contribution in [3.63, 3.8) is 0 Å². The summed E-state index contributed by atoms with van der Waals surface area (Å²) in [6.45, 7) is 11.4. The van der Waals surface area contributed by atoms with Gasteiger partial charge in [-0.3, -0.25) is 0 Å². The summed E-state index contributed by atoms with van der Waals surface area (Å²) < 4.78 is 0. The predicted octanol–water partition coefficient (Wildman–Crippen LogP) is 5.50. The molecule has 0 amide bonds. The van der Waals surface area contributed by atoms with Crippen LogP contribution in [0, 0.1) is 6.92 Å². The van der Waals surface area contributed by atoms with Crippen LogP contribution in [0.2, 0.25) is 0 Å². The van der Waals surface area contributed by atoms with Crippen LogP contribution in [0.25, 0.3) is 17.3 Å². The molecule has 1 N–H and O–H groups in total. The Balaban J connectivity index is 2.13. The van der Waals surface area contributed by atoms with Crippen molar-refractivity contribution >= 4 is 12.0 Å². The lowest BCUT2D eigenvalue weighted by Gasteiger charge is -2.42. The van der Waals surface area contributed by atoms with E-state index in [0.717, 1.165) is 17.3 Å². The number of benzene rings is 1. The highest BCUT2D eigenvalue weighted by atomic mass is 16.4. The minimum Gasteiger partial charge on any atom is -0.478 e. The van der Waals surface area contributed by atoms with Crippen molar-refractivity contribution < 1.29 is 9.90 Å². The maximum atomic E-state index is 10.8. The number of fused-ring (bicyclic) bond motifs is 1. The second kappa shape index (κ2) is 6.39. The zero-order valence-corrected chi connectivity index (χ0v) is 16.3. The van der Waals surface area contributed by atoms with Crippen LogP contribution in [0.15, 0.2) is 36.4 Å². The number of carboxylic acids is 1. The van der Waals surface area contributed by atoms with E-state index in [1.807, 2.05) is 18.2 Å². The van der Waals surface area contributed by atoms with Gasteiger partial charge in [-0.2, -0.15) is 0 Å². The van der Waals surface area contributed by atoms with Crippen LogP contribution in [-0.4, -0.2) is 16.1 Å². The zero-order valence-electron chi connectivity index (χ0n) is 16.3. The Bertz CT molecular complexity index is 891. The lowest BCUT2D eigenvalue weighted by molar-refractivity contribution is -0.131. The number of rotatable bonds is 3. The fraction of sp³-hybridized carbons (Fsp3) is 0.391. The van der Waals surface area contributed by atoms with E-state index in [2.05, 4.69) is 51.7 Å². The van der Waals surface area contributed by atoms with Crippen LogP contribution < -0.4 is 0 Å². The molecule has 3 heteroatoms. The molecule has 0 fully saturated rings. The highest BCUT2D eigenvalue weighted by Crippen LogP contribution is 2.47. The Morgan fingerprint density at radius 1 is 1.08 bits per heavy atom. The normalized spacial score (nSPS) is 17.9. The SMILES string of the molecule is Cc1cc2c(cc1-c1cccc(C=CC(=O)O)n1)C(C)(C)CCC2(C)C. The second-order valence-electron chi connectivity index (χ2n) is 8.60. The standard InChI is InChI=1S/C23H27NO2/c1-15-13-18-19(23(4,5)12-11-22(18,2)3)14-17(15)20-8-6-7-16(24-20)9-10-21(25)26/h6-10,13-14H,11-12H2,1-5H3,(H,25,26). The number of aliphatic carboxylic acids is 1. The van der Waals surface area contributed by atoms with Crippen molar-refractivity contribution in [2.24, 2.45) is 0 Å². The molecule has 0 spiro atoms. The summed E-state index contributed by atoms with van der Waals surface area (Å²) in [5, 5.41) is 8.83. The van der Waals surface area contributed by atoms with Crippen molar-refractivity contribution in [3.8, 4) is 11.3 Å². The van der Waals surface area contributed by atoms with Gasteiger partial charge >= 0.3 is 5.97 Å². The summed E-state index contributed by atoms with van der Waals surface area (Å²) in [5.41, 5.74) is 7.06. The first kappa shape index (κ1) is 18.4. The molecular formula is C23H27NO2. The smallest absolute Gasteiger partial charge is 0.328 e. The van der Waals surface area contributed by atoms with Gasteiger partial charge < -0.3 is 5.11 Å². The van der Waals surface area contributed by atoms with E-state index >= 15 is 0 Å². The van der Waals surface area contributed by atoms with Gasteiger partial charge in [0.25, 0.3) is 0 Å². The van der Waals surface area contributed by atoms with E-state index < -0.39 is 5.97 Å². The van der Waals surface area contributed by atoms with Gasteiger partial charge in [0.15, 0.2) is 0 Å². The van der Waals surface area contributed by atoms with Crippen LogP contribution in [0.3, 0.4) is 0 Å². The highest BCUT2D eigenvalue weighted by Gasteiger charge is 2.37. The first-order chi connectivity index (χ1) is 12.1. The quantitative estimate of drug-likeness (QED) is 0.744. The number of hydrogen-bond donors (Lipinski definition) is 1. The fourth-order valence-corrected chi connectivity index (χ4v) is 3.85. The van der Waals surface area contributed by atoms with E-state index in [1.54, 1.807) is 0 Å². The molecule has 1 aliphatic carbocycles. The van der Waals surface area contributed by atoms with E-state index in [4.69, 9.17) is 5.11 Å². The molecule has 3 rings (SSSR count).